The standard InChI is InChI=1S/C13H16F2N2O/c1-17-7-5-9(6-8-17)13(16-18)12-10(14)3-2-4-11(12)15/h2-4,9,18H,5-8H2,1H3. The number of piperidine rings is 1. The van der Waals surface area contributed by atoms with Crippen LogP contribution in [-0.2, 0) is 0 Å². The first kappa shape index (κ1) is 13.0. The van der Waals surface area contributed by atoms with Gasteiger partial charge in [-0.05, 0) is 45.1 Å². The SMILES string of the molecule is CN1CCC(C(=NO)c2c(F)cccc2F)CC1. The quantitative estimate of drug-likeness (QED) is 0.500. The molecule has 2 rings (SSSR count). The van der Waals surface area contributed by atoms with Crippen molar-refractivity contribution in [1.29, 1.82) is 0 Å². The molecule has 0 aliphatic carbocycles. The van der Waals surface area contributed by atoms with E-state index >= 15 is 0 Å². The predicted molar refractivity (Wildman–Crippen MR) is 64.9 cm³/mol. The Labute approximate surface area is 105 Å². The lowest BCUT2D eigenvalue weighted by Gasteiger charge is -2.29. The molecule has 1 aromatic carbocycles. The molecular weight excluding hydrogens is 238 g/mol. The topological polar surface area (TPSA) is 35.8 Å². The Morgan fingerprint density at radius 1 is 1.28 bits per heavy atom. The van der Waals surface area contributed by atoms with Crippen LogP contribution in [0.1, 0.15) is 18.4 Å². The summed E-state index contributed by atoms with van der Waals surface area (Å²) in [4.78, 5) is 2.14. The smallest absolute Gasteiger partial charge is 0.135 e. The maximum absolute atomic E-state index is 13.7. The van der Waals surface area contributed by atoms with Gasteiger partial charge in [-0.15, -0.1) is 0 Å². The highest BCUT2D eigenvalue weighted by molar-refractivity contribution is 6.02. The first-order valence-corrected chi connectivity index (χ1v) is 5.98. The van der Waals surface area contributed by atoms with Crippen molar-refractivity contribution in [3.8, 4) is 0 Å². The number of halogens is 2. The van der Waals surface area contributed by atoms with Crippen LogP contribution in [0.25, 0.3) is 0 Å². The Hall–Kier alpha value is -1.49. The summed E-state index contributed by atoms with van der Waals surface area (Å²) in [5.41, 5.74) is -0.0757. The second-order valence-electron chi connectivity index (χ2n) is 4.66. The van der Waals surface area contributed by atoms with Crippen molar-refractivity contribution in [2.75, 3.05) is 20.1 Å². The van der Waals surface area contributed by atoms with E-state index in [0.717, 1.165) is 25.9 Å². The van der Waals surface area contributed by atoms with E-state index in [1.165, 1.54) is 18.2 Å². The second-order valence-corrected chi connectivity index (χ2v) is 4.66. The van der Waals surface area contributed by atoms with Gasteiger partial charge < -0.3 is 10.1 Å². The maximum Gasteiger partial charge on any atom is 0.135 e. The Bertz CT molecular complexity index is 434. The molecule has 0 unspecified atom stereocenters. The summed E-state index contributed by atoms with van der Waals surface area (Å²) in [5, 5.41) is 12.2. The number of oxime groups is 1. The molecular formula is C13H16F2N2O. The molecule has 0 amide bonds. The summed E-state index contributed by atoms with van der Waals surface area (Å²) in [6.07, 6.45) is 1.48. The van der Waals surface area contributed by atoms with Gasteiger partial charge in [-0.1, -0.05) is 11.2 Å². The molecule has 1 aliphatic rings. The zero-order valence-corrected chi connectivity index (χ0v) is 10.2. The third-order valence-electron chi connectivity index (χ3n) is 3.43. The molecule has 1 heterocycles. The van der Waals surface area contributed by atoms with Crippen LogP contribution in [0.4, 0.5) is 8.78 Å². The lowest BCUT2D eigenvalue weighted by molar-refractivity contribution is 0.245. The fraction of sp³-hybridized carbons (Fsp3) is 0.462. The van der Waals surface area contributed by atoms with Crippen molar-refractivity contribution in [1.82, 2.24) is 4.90 Å². The van der Waals surface area contributed by atoms with E-state index in [1.54, 1.807) is 0 Å². The summed E-state index contributed by atoms with van der Waals surface area (Å²) in [6.45, 7) is 1.67. The molecule has 1 aliphatic heterocycles. The van der Waals surface area contributed by atoms with E-state index in [1.807, 2.05) is 7.05 Å². The van der Waals surface area contributed by atoms with Crippen molar-refractivity contribution in [2.24, 2.45) is 11.1 Å². The number of likely N-dealkylation sites (tertiary alicyclic amines) is 1. The van der Waals surface area contributed by atoms with Crippen LogP contribution >= 0.6 is 0 Å². The van der Waals surface area contributed by atoms with Gasteiger partial charge in [0.1, 0.15) is 11.6 Å². The molecule has 0 spiro atoms. The average molecular weight is 254 g/mol. The van der Waals surface area contributed by atoms with Crippen LogP contribution in [0, 0.1) is 17.6 Å². The van der Waals surface area contributed by atoms with Crippen LogP contribution in [0.3, 0.4) is 0 Å². The Balaban J connectivity index is 2.29. The van der Waals surface area contributed by atoms with Gasteiger partial charge in [0.25, 0.3) is 0 Å². The van der Waals surface area contributed by atoms with Gasteiger partial charge in [0.2, 0.25) is 0 Å². The molecule has 0 radical (unpaired) electrons. The summed E-state index contributed by atoms with van der Waals surface area (Å²) < 4.78 is 27.4. The van der Waals surface area contributed by atoms with E-state index in [0.29, 0.717) is 0 Å². The van der Waals surface area contributed by atoms with Crippen molar-refractivity contribution < 1.29 is 14.0 Å². The fourth-order valence-electron chi connectivity index (χ4n) is 2.36. The van der Waals surface area contributed by atoms with Gasteiger partial charge in [-0.2, -0.15) is 0 Å². The van der Waals surface area contributed by atoms with Crippen molar-refractivity contribution >= 4 is 5.71 Å². The van der Waals surface area contributed by atoms with Gasteiger partial charge in [-0.3, -0.25) is 0 Å². The van der Waals surface area contributed by atoms with Gasteiger partial charge in [0.05, 0.1) is 11.3 Å². The van der Waals surface area contributed by atoms with Crippen LogP contribution in [0.15, 0.2) is 23.4 Å². The third-order valence-corrected chi connectivity index (χ3v) is 3.43. The molecule has 1 N–H and O–H groups in total. The number of hydrogen-bond acceptors (Lipinski definition) is 3. The number of benzene rings is 1. The summed E-state index contributed by atoms with van der Waals surface area (Å²) in [7, 11) is 2.00. The van der Waals surface area contributed by atoms with Crippen molar-refractivity contribution in [2.45, 2.75) is 12.8 Å². The van der Waals surface area contributed by atoms with E-state index in [-0.39, 0.29) is 17.2 Å². The lowest BCUT2D eigenvalue weighted by Crippen LogP contribution is -2.34. The third kappa shape index (κ3) is 2.51. The Morgan fingerprint density at radius 3 is 2.33 bits per heavy atom. The normalized spacial score (nSPS) is 19.2. The number of rotatable bonds is 2. The zero-order chi connectivity index (χ0) is 13.1. The highest BCUT2D eigenvalue weighted by Crippen LogP contribution is 2.24. The minimum Gasteiger partial charge on any atom is -0.411 e. The van der Waals surface area contributed by atoms with E-state index in [4.69, 9.17) is 5.21 Å². The minimum atomic E-state index is -0.679. The molecule has 0 saturated carbocycles. The lowest BCUT2D eigenvalue weighted by atomic mass is 9.88. The molecule has 1 fully saturated rings. The van der Waals surface area contributed by atoms with Crippen LogP contribution in [0.5, 0.6) is 0 Å². The maximum atomic E-state index is 13.7. The van der Waals surface area contributed by atoms with E-state index in [2.05, 4.69) is 10.1 Å². The molecule has 0 aromatic heterocycles. The van der Waals surface area contributed by atoms with E-state index in [9.17, 15) is 8.78 Å². The molecule has 18 heavy (non-hydrogen) atoms. The fourth-order valence-corrected chi connectivity index (χ4v) is 2.36. The van der Waals surface area contributed by atoms with Crippen LogP contribution < -0.4 is 0 Å². The summed E-state index contributed by atoms with van der Waals surface area (Å²) in [5.74, 6) is -1.46. The van der Waals surface area contributed by atoms with Gasteiger partial charge >= 0.3 is 0 Å². The molecule has 98 valence electrons. The summed E-state index contributed by atoms with van der Waals surface area (Å²) >= 11 is 0. The average Bonchev–Trinajstić information content (AvgIpc) is 2.35. The van der Waals surface area contributed by atoms with Gasteiger partial charge in [0, 0.05) is 5.92 Å². The van der Waals surface area contributed by atoms with Crippen molar-refractivity contribution in [3.05, 3.63) is 35.4 Å². The van der Waals surface area contributed by atoms with Gasteiger partial charge in [0.15, 0.2) is 0 Å². The first-order valence-electron chi connectivity index (χ1n) is 5.98. The number of hydrogen-bond donors (Lipinski definition) is 1. The van der Waals surface area contributed by atoms with Crippen LogP contribution in [0.2, 0.25) is 0 Å². The minimum absolute atomic E-state index is 0.0994. The highest BCUT2D eigenvalue weighted by atomic mass is 19.1. The summed E-state index contributed by atoms with van der Waals surface area (Å²) in [6, 6.07) is 3.66. The first-order chi connectivity index (χ1) is 8.63. The zero-order valence-electron chi connectivity index (χ0n) is 10.2. The monoisotopic (exact) mass is 254 g/mol. The van der Waals surface area contributed by atoms with Crippen LogP contribution in [-0.4, -0.2) is 36.0 Å². The predicted octanol–water partition coefficient (Wildman–Crippen LogP) is 2.48. The van der Waals surface area contributed by atoms with Gasteiger partial charge in [-0.25, -0.2) is 8.78 Å². The molecule has 0 atom stereocenters. The number of nitrogens with zero attached hydrogens (tertiary/aromatic N) is 2. The highest BCUT2D eigenvalue weighted by Gasteiger charge is 2.27. The Kier molecular flexibility index (Phi) is 3.91. The largest absolute Gasteiger partial charge is 0.411 e. The molecule has 1 aromatic rings. The molecule has 1 saturated heterocycles. The van der Waals surface area contributed by atoms with E-state index < -0.39 is 11.6 Å². The molecule has 0 bridgehead atoms. The molecule has 3 nitrogen and oxygen atoms in total. The van der Waals surface area contributed by atoms with Crippen molar-refractivity contribution in [3.63, 3.8) is 0 Å². The molecule has 5 heteroatoms. The second kappa shape index (κ2) is 5.44. The Morgan fingerprint density at radius 2 is 1.83 bits per heavy atom.